The summed E-state index contributed by atoms with van der Waals surface area (Å²) in [7, 11) is 1.35. The first-order valence-electron chi connectivity index (χ1n) is 3.61. The van der Waals surface area contributed by atoms with E-state index in [-0.39, 0.29) is 5.97 Å². The van der Waals surface area contributed by atoms with E-state index in [0.717, 1.165) is 5.56 Å². The summed E-state index contributed by atoms with van der Waals surface area (Å²) in [5.74, 6) is -0.369. The van der Waals surface area contributed by atoms with Crippen LogP contribution >= 0.6 is 27.5 Å². The topological polar surface area (TPSA) is 26.3 Å². The van der Waals surface area contributed by atoms with Crippen LogP contribution in [-0.4, -0.2) is 13.1 Å². The first-order valence-corrected chi connectivity index (χ1v) is 4.78. The minimum Gasteiger partial charge on any atom is -0.465 e. The Kier molecular flexibility index (Phi) is 3.33. The third kappa shape index (κ3) is 2.03. The van der Waals surface area contributed by atoms with E-state index in [2.05, 4.69) is 20.7 Å². The van der Waals surface area contributed by atoms with E-state index in [0.29, 0.717) is 15.1 Å². The minimum absolute atomic E-state index is 0.369. The minimum atomic E-state index is -0.369. The fourth-order valence-corrected chi connectivity index (χ4v) is 1.71. The quantitative estimate of drug-likeness (QED) is 0.727. The molecule has 1 aromatic carbocycles. The number of hydrogen-bond donors (Lipinski definition) is 0. The maximum absolute atomic E-state index is 11.2. The molecule has 0 amide bonds. The van der Waals surface area contributed by atoms with Gasteiger partial charge in [-0.25, -0.2) is 4.79 Å². The summed E-state index contributed by atoms with van der Waals surface area (Å²) in [5, 5.41) is 0.625. The number of carbonyl (C=O) groups is 1. The third-order valence-electron chi connectivity index (χ3n) is 1.73. The summed E-state index contributed by atoms with van der Waals surface area (Å²) in [6.45, 7) is 1.83. The van der Waals surface area contributed by atoms with E-state index >= 15 is 0 Å². The molecule has 0 fully saturated rings. The van der Waals surface area contributed by atoms with Crippen molar-refractivity contribution in [2.75, 3.05) is 7.11 Å². The van der Waals surface area contributed by atoms with Crippen molar-refractivity contribution >= 4 is 33.5 Å². The van der Waals surface area contributed by atoms with Crippen molar-refractivity contribution in [3.05, 3.63) is 32.8 Å². The summed E-state index contributed by atoms with van der Waals surface area (Å²) in [6, 6.07) is 3.30. The van der Waals surface area contributed by atoms with Crippen molar-refractivity contribution in [1.29, 1.82) is 0 Å². The van der Waals surface area contributed by atoms with Crippen molar-refractivity contribution in [3.8, 4) is 0 Å². The van der Waals surface area contributed by atoms with Gasteiger partial charge in [-0.2, -0.15) is 0 Å². The monoisotopic (exact) mass is 262 g/mol. The van der Waals surface area contributed by atoms with Gasteiger partial charge < -0.3 is 4.74 Å². The summed E-state index contributed by atoms with van der Waals surface area (Å²) in [4.78, 5) is 11.2. The molecule has 0 unspecified atom stereocenters. The Labute approximate surface area is 90.0 Å². The number of halogens is 2. The zero-order chi connectivity index (χ0) is 10.0. The molecule has 0 bridgehead atoms. The van der Waals surface area contributed by atoms with E-state index in [1.54, 1.807) is 12.1 Å². The van der Waals surface area contributed by atoms with Crippen LogP contribution < -0.4 is 0 Å². The summed E-state index contributed by atoms with van der Waals surface area (Å²) >= 11 is 9.14. The maximum atomic E-state index is 11.2. The molecule has 0 spiro atoms. The van der Waals surface area contributed by atoms with E-state index in [1.807, 2.05) is 6.92 Å². The second-order valence-corrected chi connectivity index (χ2v) is 3.73. The van der Waals surface area contributed by atoms with Crippen LogP contribution in [0.3, 0.4) is 0 Å². The molecule has 13 heavy (non-hydrogen) atoms. The van der Waals surface area contributed by atoms with Crippen molar-refractivity contribution in [2.45, 2.75) is 6.92 Å². The van der Waals surface area contributed by atoms with Crippen LogP contribution in [-0.2, 0) is 4.74 Å². The first kappa shape index (κ1) is 10.5. The van der Waals surface area contributed by atoms with Crippen LogP contribution in [0.2, 0.25) is 5.02 Å². The van der Waals surface area contributed by atoms with Gasteiger partial charge in [0.25, 0.3) is 0 Å². The predicted molar refractivity (Wildman–Crippen MR) is 55.2 cm³/mol. The highest BCUT2D eigenvalue weighted by Gasteiger charge is 2.13. The van der Waals surface area contributed by atoms with Crippen LogP contribution in [0.15, 0.2) is 16.6 Å². The van der Waals surface area contributed by atoms with Gasteiger partial charge >= 0.3 is 5.97 Å². The summed E-state index contributed by atoms with van der Waals surface area (Å²) in [5.41, 5.74) is 1.33. The number of hydrogen-bond acceptors (Lipinski definition) is 2. The Hall–Kier alpha value is -0.540. The largest absolute Gasteiger partial charge is 0.465 e. The molecule has 0 heterocycles. The zero-order valence-electron chi connectivity index (χ0n) is 7.23. The van der Waals surface area contributed by atoms with Crippen LogP contribution in [0.25, 0.3) is 0 Å². The van der Waals surface area contributed by atoms with Gasteiger partial charge in [-0.15, -0.1) is 0 Å². The smallest absolute Gasteiger partial charge is 0.339 e. The summed E-state index contributed by atoms with van der Waals surface area (Å²) < 4.78 is 5.29. The van der Waals surface area contributed by atoms with Crippen LogP contribution in [0.4, 0.5) is 0 Å². The molecule has 0 aliphatic rings. The average molecular weight is 264 g/mol. The number of esters is 1. The molecule has 0 aliphatic carbocycles. The van der Waals surface area contributed by atoms with Gasteiger partial charge in [0.15, 0.2) is 0 Å². The molecule has 2 nitrogen and oxygen atoms in total. The van der Waals surface area contributed by atoms with Gasteiger partial charge in [0.05, 0.1) is 12.7 Å². The lowest BCUT2D eigenvalue weighted by Gasteiger charge is -2.06. The van der Waals surface area contributed by atoms with Gasteiger partial charge in [-0.1, -0.05) is 11.6 Å². The molecule has 0 aliphatic heterocycles. The van der Waals surface area contributed by atoms with E-state index in [4.69, 9.17) is 11.6 Å². The fourth-order valence-electron chi connectivity index (χ4n) is 0.929. The van der Waals surface area contributed by atoms with Crippen LogP contribution in [0.5, 0.6) is 0 Å². The second-order valence-electron chi connectivity index (χ2n) is 2.53. The van der Waals surface area contributed by atoms with Gasteiger partial charge in [0, 0.05) is 9.50 Å². The molecule has 0 radical (unpaired) electrons. The highest BCUT2D eigenvalue weighted by atomic mass is 79.9. The van der Waals surface area contributed by atoms with E-state index < -0.39 is 0 Å². The Balaban J connectivity index is 3.26. The molecule has 0 aromatic heterocycles. The Morgan fingerprint density at radius 3 is 2.69 bits per heavy atom. The van der Waals surface area contributed by atoms with Gasteiger partial charge in [0.2, 0.25) is 0 Å². The predicted octanol–water partition coefficient (Wildman–Crippen LogP) is 3.20. The van der Waals surface area contributed by atoms with Crippen molar-refractivity contribution in [1.82, 2.24) is 0 Å². The Morgan fingerprint density at radius 2 is 2.15 bits per heavy atom. The lowest BCUT2D eigenvalue weighted by Crippen LogP contribution is -2.03. The molecule has 0 N–H and O–H groups in total. The summed E-state index contributed by atoms with van der Waals surface area (Å²) in [6.07, 6.45) is 0. The normalized spacial score (nSPS) is 9.85. The average Bonchev–Trinajstić information content (AvgIpc) is 2.13. The number of rotatable bonds is 1. The van der Waals surface area contributed by atoms with Crippen LogP contribution in [0.1, 0.15) is 15.9 Å². The lowest BCUT2D eigenvalue weighted by atomic mass is 10.1. The maximum Gasteiger partial charge on any atom is 0.339 e. The fraction of sp³-hybridized carbons (Fsp3) is 0.222. The standard InChI is InChI=1S/C9H8BrClO2/c1-5-7(11)4-3-6(8(5)10)9(12)13-2/h3-4H,1-2H3. The first-order chi connectivity index (χ1) is 6.07. The molecule has 1 rings (SSSR count). The van der Waals surface area contributed by atoms with Gasteiger partial charge in [0.1, 0.15) is 0 Å². The number of ether oxygens (including phenoxy) is 1. The molecule has 0 atom stereocenters. The van der Waals surface area contributed by atoms with Crippen molar-refractivity contribution < 1.29 is 9.53 Å². The second kappa shape index (κ2) is 4.11. The number of benzene rings is 1. The SMILES string of the molecule is COC(=O)c1ccc(Cl)c(C)c1Br. The lowest BCUT2D eigenvalue weighted by molar-refractivity contribution is 0.0599. The molecule has 70 valence electrons. The van der Waals surface area contributed by atoms with E-state index in [9.17, 15) is 4.79 Å². The number of carbonyl (C=O) groups excluding carboxylic acids is 1. The zero-order valence-corrected chi connectivity index (χ0v) is 9.57. The number of methoxy groups -OCH3 is 1. The van der Waals surface area contributed by atoms with Crippen molar-refractivity contribution in [3.63, 3.8) is 0 Å². The molecule has 0 saturated heterocycles. The molecule has 1 aromatic rings. The third-order valence-corrected chi connectivity index (χ3v) is 3.16. The molecule has 0 saturated carbocycles. The van der Waals surface area contributed by atoms with E-state index in [1.165, 1.54) is 7.11 Å². The van der Waals surface area contributed by atoms with Gasteiger partial charge in [-0.05, 0) is 40.5 Å². The highest BCUT2D eigenvalue weighted by molar-refractivity contribution is 9.10. The Morgan fingerprint density at radius 1 is 1.54 bits per heavy atom. The molecular weight excluding hydrogens is 255 g/mol. The highest BCUT2D eigenvalue weighted by Crippen LogP contribution is 2.27. The Bertz CT molecular complexity index is 350. The van der Waals surface area contributed by atoms with Gasteiger partial charge in [-0.3, -0.25) is 0 Å². The molecule has 4 heteroatoms. The van der Waals surface area contributed by atoms with Crippen molar-refractivity contribution in [2.24, 2.45) is 0 Å². The molecular formula is C9H8BrClO2. The van der Waals surface area contributed by atoms with Crippen LogP contribution in [0, 0.1) is 6.92 Å².